The molecular formula is C32H29F2N3O2. The smallest absolute Gasteiger partial charge is 0.270 e. The fourth-order valence-corrected chi connectivity index (χ4v) is 5.63. The Labute approximate surface area is 225 Å². The normalized spacial score (nSPS) is 14.4. The quantitative estimate of drug-likeness (QED) is 0.257. The second kappa shape index (κ2) is 10.5. The Kier molecular flexibility index (Phi) is 6.75. The minimum atomic E-state index is -0.646. The second-order valence-electron chi connectivity index (χ2n) is 10.1. The van der Waals surface area contributed by atoms with Crippen LogP contribution in [0.4, 0.5) is 8.78 Å². The molecule has 0 N–H and O–H groups in total. The van der Waals surface area contributed by atoms with Crippen LogP contribution in [0.25, 0.3) is 11.1 Å². The predicted octanol–water partition coefficient (Wildman–Crippen LogP) is 6.42. The van der Waals surface area contributed by atoms with Crippen LogP contribution in [0, 0.1) is 18.6 Å². The van der Waals surface area contributed by atoms with Crippen molar-refractivity contribution in [2.75, 3.05) is 26.2 Å². The molecule has 1 amide bonds. The number of carbonyl (C=O) groups excluding carboxylic acids is 1. The number of rotatable bonds is 6. The van der Waals surface area contributed by atoms with Crippen molar-refractivity contribution in [3.05, 3.63) is 131 Å². The first-order valence-electron chi connectivity index (χ1n) is 13.1. The van der Waals surface area contributed by atoms with E-state index in [1.807, 2.05) is 30.0 Å². The van der Waals surface area contributed by atoms with Crippen LogP contribution in [0.5, 0.6) is 0 Å². The van der Waals surface area contributed by atoms with E-state index in [4.69, 9.17) is 4.42 Å². The zero-order valence-electron chi connectivity index (χ0n) is 21.7. The molecule has 6 rings (SSSR count). The highest BCUT2D eigenvalue weighted by Gasteiger charge is 2.30. The van der Waals surface area contributed by atoms with Gasteiger partial charge in [-0.05, 0) is 35.7 Å². The summed E-state index contributed by atoms with van der Waals surface area (Å²) >= 11 is 0. The third kappa shape index (κ3) is 5.10. The van der Waals surface area contributed by atoms with Crippen LogP contribution < -0.4 is 0 Å². The summed E-state index contributed by atoms with van der Waals surface area (Å²) in [7, 11) is 0. The first kappa shape index (κ1) is 25.1. The SMILES string of the molecule is Cc1cc2c(cc(C(=O)N3CCN(C(c4ccccc4)c4ccccc4)CC3)n2Cc2cc(F)cc(F)c2)o1. The van der Waals surface area contributed by atoms with E-state index in [0.29, 0.717) is 48.8 Å². The highest BCUT2D eigenvalue weighted by Crippen LogP contribution is 2.31. The molecule has 198 valence electrons. The van der Waals surface area contributed by atoms with Gasteiger partial charge in [0.2, 0.25) is 0 Å². The minimum Gasteiger partial charge on any atom is -0.460 e. The molecule has 0 unspecified atom stereocenters. The maximum Gasteiger partial charge on any atom is 0.270 e. The molecule has 5 nitrogen and oxygen atoms in total. The molecule has 1 aliphatic heterocycles. The summed E-state index contributed by atoms with van der Waals surface area (Å²) in [4.78, 5) is 18.1. The van der Waals surface area contributed by atoms with Gasteiger partial charge in [-0.2, -0.15) is 0 Å². The van der Waals surface area contributed by atoms with E-state index in [1.165, 1.54) is 23.3 Å². The van der Waals surface area contributed by atoms with Crippen molar-refractivity contribution >= 4 is 17.0 Å². The van der Waals surface area contributed by atoms with Crippen LogP contribution >= 0.6 is 0 Å². The maximum absolute atomic E-state index is 13.9. The van der Waals surface area contributed by atoms with Crippen LogP contribution in [0.15, 0.2) is 95.4 Å². The van der Waals surface area contributed by atoms with E-state index in [2.05, 4.69) is 53.4 Å². The van der Waals surface area contributed by atoms with Crippen molar-refractivity contribution in [2.24, 2.45) is 0 Å². The number of amides is 1. The average Bonchev–Trinajstić information content (AvgIpc) is 3.46. The third-order valence-corrected chi connectivity index (χ3v) is 7.39. The highest BCUT2D eigenvalue weighted by molar-refractivity contribution is 5.97. The number of nitrogens with zero attached hydrogens (tertiary/aromatic N) is 3. The Bertz CT molecular complexity index is 1540. The fourth-order valence-electron chi connectivity index (χ4n) is 5.63. The molecular weight excluding hydrogens is 496 g/mol. The standard InChI is InChI=1S/C32H29F2N3O2/c1-22-16-28-30(39-22)20-29(37(28)21-23-17-26(33)19-27(34)18-23)32(38)36-14-12-35(13-15-36)31(24-8-4-2-5-9-24)25-10-6-3-7-11-25/h2-11,16-20,31H,12-15,21H2,1H3. The van der Waals surface area contributed by atoms with Crippen molar-refractivity contribution in [1.29, 1.82) is 0 Å². The molecule has 0 aliphatic carbocycles. The molecule has 0 atom stereocenters. The van der Waals surface area contributed by atoms with Crippen molar-refractivity contribution in [3.63, 3.8) is 0 Å². The Balaban J connectivity index is 1.25. The molecule has 3 heterocycles. The lowest BCUT2D eigenvalue weighted by molar-refractivity contribution is 0.0588. The van der Waals surface area contributed by atoms with E-state index in [0.717, 1.165) is 11.6 Å². The Morgan fingerprint density at radius 2 is 1.41 bits per heavy atom. The second-order valence-corrected chi connectivity index (χ2v) is 10.1. The number of benzene rings is 3. The summed E-state index contributed by atoms with van der Waals surface area (Å²) in [5.41, 5.74) is 4.64. The lowest BCUT2D eigenvalue weighted by Gasteiger charge is -2.39. The van der Waals surface area contributed by atoms with Gasteiger partial charge >= 0.3 is 0 Å². The average molecular weight is 526 g/mol. The molecule has 1 fully saturated rings. The Hall–Kier alpha value is -4.23. The van der Waals surface area contributed by atoms with Gasteiger partial charge in [0.25, 0.3) is 5.91 Å². The number of furan rings is 1. The first-order chi connectivity index (χ1) is 19.0. The monoisotopic (exact) mass is 525 g/mol. The van der Waals surface area contributed by atoms with E-state index >= 15 is 0 Å². The fraction of sp³-hybridized carbons (Fsp3) is 0.219. The number of aromatic nitrogens is 1. The predicted molar refractivity (Wildman–Crippen MR) is 147 cm³/mol. The van der Waals surface area contributed by atoms with Gasteiger partial charge in [0.05, 0.1) is 11.6 Å². The largest absolute Gasteiger partial charge is 0.460 e. The van der Waals surface area contributed by atoms with Crippen LogP contribution in [0.2, 0.25) is 0 Å². The number of fused-ring (bicyclic) bond motifs is 1. The molecule has 0 radical (unpaired) electrons. The van der Waals surface area contributed by atoms with Gasteiger partial charge in [-0.15, -0.1) is 0 Å². The number of halogens is 2. The Morgan fingerprint density at radius 1 is 0.821 bits per heavy atom. The van der Waals surface area contributed by atoms with Crippen LogP contribution in [-0.4, -0.2) is 46.5 Å². The highest BCUT2D eigenvalue weighted by atomic mass is 19.1. The molecule has 2 aromatic heterocycles. The van der Waals surface area contributed by atoms with Crippen molar-refractivity contribution in [3.8, 4) is 0 Å². The zero-order chi connectivity index (χ0) is 26.9. The summed E-state index contributed by atoms with van der Waals surface area (Å²) in [6, 6.07) is 28.0. The van der Waals surface area contributed by atoms with E-state index < -0.39 is 11.6 Å². The van der Waals surface area contributed by atoms with Crippen LogP contribution in [-0.2, 0) is 6.54 Å². The summed E-state index contributed by atoms with van der Waals surface area (Å²) in [5, 5.41) is 0. The molecule has 0 bridgehead atoms. The van der Waals surface area contributed by atoms with Gasteiger partial charge < -0.3 is 13.9 Å². The van der Waals surface area contributed by atoms with Crippen LogP contribution in [0.1, 0.15) is 39.0 Å². The van der Waals surface area contributed by atoms with E-state index in [1.54, 1.807) is 10.6 Å². The first-order valence-corrected chi connectivity index (χ1v) is 13.1. The molecule has 1 saturated heterocycles. The lowest BCUT2D eigenvalue weighted by Crippen LogP contribution is -2.50. The molecule has 3 aromatic carbocycles. The van der Waals surface area contributed by atoms with Gasteiger partial charge in [0.1, 0.15) is 23.1 Å². The number of aryl methyl sites for hydroxylation is 1. The number of piperazine rings is 1. The van der Waals surface area contributed by atoms with Crippen molar-refractivity contribution in [1.82, 2.24) is 14.4 Å². The summed E-state index contributed by atoms with van der Waals surface area (Å²) in [6.07, 6.45) is 0. The lowest BCUT2D eigenvalue weighted by atomic mass is 9.96. The van der Waals surface area contributed by atoms with E-state index in [-0.39, 0.29) is 18.5 Å². The minimum absolute atomic E-state index is 0.0988. The molecule has 0 spiro atoms. The number of carbonyl (C=O) groups is 1. The molecule has 0 saturated carbocycles. The molecule has 1 aliphatic rings. The third-order valence-electron chi connectivity index (χ3n) is 7.39. The maximum atomic E-state index is 13.9. The van der Waals surface area contributed by atoms with Gasteiger partial charge in [-0.3, -0.25) is 9.69 Å². The van der Waals surface area contributed by atoms with Gasteiger partial charge in [-0.25, -0.2) is 8.78 Å². The van der Waals surface area contributed by atoms with Gasteiger partial charge in [-0.1, -0.05) is 60.7 Å². The Morgan fingerprint density at radius 3 is 2.00 bits per heavy atom. The van der Waals surface area contributed by atoms with E-state index in [9.17, 15) is 13.6 Å². The molecule has 5 aromatic rings. The summed E-state index contributed by atoms with van der Waals surface area (Å²) in [5.74, 6) is -0.703. The number of hydrogen-bond acceptors (Lipinski definition) is 3. The van der Waals surface area contributed by atoms with Crippen molar-refractivity contribution in [2.45, 2.75) is 19.5 Å². The topological polar surface area (TPSA) is 41.6 Å². The molecule has 7 heteroatoms. The molecule has 39 heavy (non-hydrogen) atoms. The zero-order valence-corrected chi connectivity index (χ0v) is 21.7. The van der Waals surface area contributed by atoms with Gasteiger partial charge in [0, 0.05) is 50.9 Å². The summed E-state index contributed by atoms with van der Waals surface area (Å²) < 4.78 is 35.5. The summed E-state index contributed by atoms with van der Waals surface area (Å²) in [6.45, 7) is 4.55. The van der Waals surface area contributed by atoms with Crippen LogP contribution in [0.3, 0.4) is 0 Å². The van der Waals surface area contributed by atoms with Gasteiger partial charge in [0.15, 0.2) is 5.58 Å². The number of hydrogen-bond donors (Lipinski definition) is 0. The van der Waals surface area contributed by atoms with Crippen molar-refractivity contribution < 1.29 is 18.0 Å².